The van der Waals surface area contributed by atoms with E-state index in [4.69, 9.17) is 37.6 Å². The Morgan fingerprint density at radius 3 is 1.29 bits per heavy atom. The first kappa shape index (κ1) is 26.6. The Bertz CT molecular complexity index is 412. The van der Waals surface area contributed by atoms with E-state index in [9.17, 15) is 19.2 Å². The third kappa shape index (κ3) is 19.8. The molecule has 10 N–H and O–H groups in total. The summed E-state index contributed by atoms with van der Waals surface area (Å²) >= 11 is 0. The van der Waals surface area contributed by atoms with Crippen LogP contribution in [0.5, 0.6) is 0 Å². The third-order valence-corrected chi connectivity index (χ3v) is 2.38. The number of rotatable bonds is 7. The second kappa shape index (κ2) is 14.4. The molecule has 0 rings (SSSR count). The quantitative estimate of drug-likeness (QED) is 0.285. The molecule has 0 radical (unpaired) electrons. The Hall–Kier alpha value is -2.24. The average Bonchev–Trinajstić information content (AvgIpc) is 2.44. The highest BCUT2D eigenvalue weighted by Gasteiger charge is 2.14. The highest BCUT2D eigenvalue weighted by Crippen LogP contribution is 1.96. The molecule has 0 amide bonds. The van der Waals surface area contributed by atoms with E-state index in [1.54, 1.807) is 13.8 Å². The van der Waals surface area contributed by atoms with E-state index < -0.39 is 42.0 Å². The number of nitrogens with two attached hydrogens (primary N) is 3. The van der Waals surface area contributed by atoms with Gasteiger partial charge in [-0.1, -0.05) is 13.8 Å². The molecule has 24 heavy (non-hydrogen) atoms. The Balaban J connectivity index is -0.000000285. The molecule has 3 atom stereocenters. The van der Waals surface area contributed by atoms with Gasteiger partial charge in [0.15, 0.2) is 0 Å². The Morgan fingerprint density at radius 2 is 1.17 bits per heavy atom. The molecule has 0 fully saturated rings. The molecule has 0 spiro atoms. The third-order valence-electron chi connectivity index (χ3n) is 2.38. The zero-order valence-corrected chi connectivity index (χ0v) is 13.9. The molecule has 11 nitrogen and oxygen atoms in total. The van der Waals surface area contributed by atoms with Crippen molar-refractivity contribution in [2.24, 2.45) is 23.1 Å². The van der Waals surface area contributed by atoms with Crippen molar-refractivity contribution in [1.29, 1.82) is 0 Å². The van der Waals surface area contributed by atoms with Crippen LogP contribution in [0.2, 0.25) is 0 Å². The van der Waals surface area contributed by atoms with Gasteiger partial charge in [-0.25, -0.2) is 0 Å². The van der Waals surface area contributed by atoms with Crippen LogP contribution in [0.25, 0.3) is 0 Å². The molecule has 0 aliphatic rings. The molecule has 0 aliphatic heterocycles. The van der Waals surface area contributed by atoms with Crippen LogP contribution >= 0.6 is 0 Å². The van der Waals surface area contributed by atoms with Gasteiger partial charge in [-0.05, 0) is 19.3 Å². The van der Waals surface area contributed by atoms with Crippen molar-refractivity contribution < 1.29 is 39.6 Å². The molecule has 0 aromatic rings. The fraction of sp³-hybridized carbons (Fsp3) is 0.692. The van der Waals surface area contributed by atoms with Gasteiger partial charge in [-0.3, -0.25) is 19.2 Å². The predicted molar refractivity (Wildman–Crippen MR) is 84.2 cm³/mol. The molecule has 142 valence electrons. The van der Waals surface area contributed by atoms with Gasteiger partial charge < -0.3 is 37.6 Å². The van der Waals surface area contributed by atoms with E-state index in [0.29, 0.717) is 0 Å². The maximum absolute atomic E-state index is 10.0. The van der Waals surface area contributed by atoms with Crippen LogP contribution < -0.4 is 17.2 Å². The summed E-state index contributed by atoms with van der Waals surface area (Å²) in [4.78, 5) is 39.5. The molecular weight excluding hydrogens is 326 g/mol. The average molecular weight is 353 g/mol. The van der Waals surface area contributed by atoms with Crippen molar-refractivity contribution in [3.05, 3.63) is 0 Å². The van der Waals surface area contributed by atoms with Crippen molar-refractivity contribution in [2.75, 3.05) is 0 Å². The van der Waals surface area contributed by atoms with Gasteiger partial charge in [0, 0.05) is 6.42 Å². The molecule has 0 unspecified atom stereocenters. The lowest BCUT2D eigenvalue weighted by Gasteiger charge is -2.07. The van der Waals surface area contributed by atoms with Gasteiger partial charge in [0.05, 0.1) is 0 Å². The molecule has 0 aromatic heterocycles. The van der Waals surface area contributed by atoms with Crippen LogP contribution in [0.4, 0.5) is 0 Å². The molecular formula is C13H27N3O8. The molecule has 0 saturated heterocycles. The van der Waals surface area contributed by atoms with E-state index in [2.05, 4.69) is 0 Å². The molecule has 0 saturated carbocycles. The lowest BCUT2D eigenvalue weighted by atomic mass is 10.1. The second-order valence-electron chi connectivity index (χ2n) is 5.11. The van der Waals surface area contributed by atoms with E-state index in [0.717, 1.165) is 0 Å². The summed E-state index contributed by atoms with van der Waals surface area (Å²) in [6.45, 7) is 4.97. The number of hydrogen-bond donors (Lipinski definition) is 7. The van der Waals surface area contributed by atoms with Crippen molar-refractivity contribution in [3.8, 4) is 0 Å². The van der Waals surface area contributed by atoms with Crippen LogP contribution in [0, 0.1) is 5.92 Å². The minimum atomic E-state index is -1.17. The van der Waals surface area contributed by atoms with Crippen molar-refractivity contribution >= 4 is 23.9 Å². The lowest BCUT2D eigenvalue weighted by Crippen LogP contribution is -2.34. The van der Waals surface area contributed by atoms with Crippen molar-refractivity contribution in [2.45, 2.75) is 51.7 Å². The summed E-state index contributed by atoms with van der Waals surface area (Å²) in [7, 11) is 0. The summed E-state index contributed by atoms with van der Waals surface area (Å²) in [6, 6.07) is -2.50. The first-order valence-electron chi connectivity index (χ1n) is 6.90. The largest absolute Gasteiger partial charge is 0.481 e. The summed E-state index contributed by atoms with van der Waals surface area (Å²) in [5.74, 6) is -4.07. The molecule has 0 aliphatic carbocycles. The number of aliphatic carboxylic acids is 4. The topological polar surface area (TPSA) is 227 Å². The van der Waals surface area contributed by atoms with Crippen molar-refractivity contribution in [3.63, 3.8) is 0 Å². The van der Waals surface area contributed by atoms with Gasteiger partial charge >= 0.3 is 23.9 Å². The van der Waals surface area contributed by atoms with Gasteiger partial charge in [0.1, 0.15) is 18.1 Å². The SMILES string of the molecule is CC(C)[C@H](N)C(=O)O.C[C@H](N)C(=O)O.N[C@@H](CCC(=O)O)C(=O)O. The minimum Gasteiger partial charge on any atom is -0.481 e. The number of hydrogen-bond acceptors (Lipinski definition) is 7. The fourth-order valence-electron chi connectivity index (χ4n) is 0.688. The first-order chi connectivity index (χ1) is 10.7. The summed E-state index contributed by atoms with van der Waals surface area (Å²) in [5.41, 5.74) is 15.0. The molecule has 11 heteroatoms. The number of carboxylic acid groups (broad SMARTS) is 4. The van der Waals surface area contributed by atoms with E-state index in [1.165, 1.54) is 6.92 Å². The molecule has 0 aromatic carbocycles. The smallest absolute Gasteiger partial charge is 0.320 e. The van der Waals surface area contributed by atoms with Crippen molar-refractivity contribution in [1.82, 2.24) is 0 Å². The van der Waals surface area contributed by atoms with E-state index >= 15 is 0 Å². The van der Waals surface area contributed by atoms with Gasteiger partial charge in [0.2, 0.25) is 0 Å². The zero-order chi connectivity index (χ0) is 20.0. The normalized spacial score (nSPS) is 13.3. The van der Waals surface area contributed by atoms with E-state index in [-0.39, 0.29) is 18.8 Å². The maximum Gasteiger partial charge on any atom is 0.320 e. The second-order valence-corrected chi connectivity index (χ2v) is 5.11. The van der Waals surface area contributed by atoms with Gasteiger partial charge in [-0.15, -0.1) is 0 Å². The molecule has 0 bridgehead atoms. The highest BCUT2D eigenvalue weighted by atomic mass is 16.4. The minimum absolute atomic E-state index is 0.0208. The number of carboxylic acids is 4. The maximum atomic E-state index is 10.0. The van der Waals surface area contributed by atoms with Crippen LogP contribution in [0.1, 0.15) is 33.6 Å². The molecule has 0 heterocycles. The summed E-state index contributed by atoms with van der Waals surface area (Å²) in [6.07, 6.45) is -0.224. The Kier molecular flexibility index (Phi) is 15.9. The monoisotopic (exact) mass is 353 g/mol. The summed E-state index contributed by atoms with van der Waals surface area (Å²) in [5, 5.41) is 32.4. The lowest BCUT2D eigenvalue weighted by molar-refractivity contribution is -0.141. The summed E-state index contributed by atoms with van der Waals surface area (Å²) < 4.78 is 0. The van der Waals surface area contributed by atoms with Crippen LogP contribution in [0.3, 0.4) is 0 Å². The first-order valence-corrected chi connectivity index (χ1v) is 6.90. The van der Waals surface area contributed by atoms with Crippen LogP contribution in [0.15, 0.2) is 0 Å². The van der Waals surface area contributed by atoms with Gasteiger partial charge in [0.25, 0.3) is 0 Å². The van der Waals surface area contributed by atoms with Gasteiger partial charge in [-0.2, -0.15) is 0 Å². The van der Waals surface area contributed by atoms with Crippen LogP contribution in [-0.4, -0.2) is 62.4 Å². The Labute approximate surface area is 139 Å². The predicted octanol–water partition coefficient (Wildman–Crippen LogP) is -1.26. The van der Waals surface area contributed by atoms with Crippen LogP contribution in [-0.2, 0) is 19.2 Å². The zero-order valence-electron chi connectivity index (χ0n) is 13.9. The number of carbonyl (C=O) groups is 4. The Morgan fingerprint density at radius 1 is 0.792 bits per heavy atom. The highest BCUT2D eigenvalue weighted by molar-refractivity contribution is 5.74. The van der Waals surface area contributed by atoms with E-state index in [1.807, 2.05) is 0 Å². The standard InChI is InChI=1S/C5H9NO4.C5H11NO2.C3H7NO2/c6-3(5(9)10)1-2-4(7)8;1-3(2)4(6)5(7)8;1-2(4)3(5)6/h3H,1-2,6H2,(H,7,8)(H,9,10);3-4H,6H2,1-2H3,(H,7,8);2H,4H2,1H3,(H,5,6)/t3-;4-;2-/m000/s1. The fourth-order valence-corrected chi connectivity index (χ4v) is 0.688.